The molecule has 2 N–H and O–H groups in total. The number of methoxy groups -OCH3 is 2. The summed E-state index contributed by atoms with van der Waals surface area (Å²) in [6.45, 7) is 0. The molecule has 4 nitrogen and oxygen atoms in total. The zero-order valence-corrected chi connectivity index (χ0v) is 11.5. The fraction of sp³-hybridized carbons (Fsp3) is 0.533. The Morgan fingerprint density at radius 3 is 2.47 bits per heavy atom. The summed E-state index contributed by atoms with van der Waals surface area (Å²) in [5, 5.41) is 0. The van der Waals surface area contributed by atoms with Gasteiger partial charge in [-0.2, -0.15) is 0 Å². The summed E-state index contributed by atoms with van der Waals surface area (Å²) in [4.78, 5) is 11.6. The van der Waals surface area contributed by atoms with Gasteiger partial charge in [-0.3, -0.25) is 4.79 Å². The van der Waals surface area contributed by atoms with Gasteiger partial charge in [-0.1, -0.05) is 18.9 Å². The van der Waals surface area contributed by atoms with Crippen LogP contribution in [0.2, 0.25) is 0 Å². The molecule has 0 heterocycles. The third-order valence-corrected chi connectivity index (χ3v) is 3.97. The summed E-state index contributed by atoms with van der Waals surface area (Å²) in [5.74, 6) is 1.35. The topological polar surface area (TPSA) is 61.5 Å². The lowest BCUT2D eigenvalue weighted by Crippen LogP contribution is -2.31. The number of nitrogens with two attached hydrogens (primary N) is 1. The van der Waals surface area contributed by atoms with Crippen LogP contribution in [0, 0.1) is 5.92 Å². The maximum Gasteiger partial charge on any atom is 0.221 e. The Hall–Kier alpha value is -1.71. The minimum atomic E-state index is -0.195. The molecule has 2 rings (SSSR count). The van der Waals surface area contributed by atoms with Crippen molar-refractivity contribution in [3.8, 4) is 11.5 Å². The van der Waals surface area contributed by atoms with Crippen molar-refractivity contribution in [3.05, 3.63) is 23.8 Å². The van der Waals surface area contributed by atoms with Gasteiger partial charge in [0, 0.05) is 5.92 Å². The van der Waals surface area contributed by atoms with Crippen LogP contribution in [0.1, 0.15) is 37.2 Å². The lowest BCUT2D eigenvalue weighted by molar-refractivity contribution is -0.123. The summed E-state index contributed by atoms with van der Waals surface area (Å²) in [7, 11) is 3.23. The molecular formula is C15H21NO3. The number of amides is 1. The van der Waals surface area contributed by atoms with Crippen molar-refractivity contribution in [1.82, 2.24) is 0 Å². The quantitative estimate of drug-likeness (QED) is 0.907. The number of primary amides is 1. The fourth-order valence-electron chi connectivity index (χ4n) is 2.95. The molecule has 1 saturated carbocycles. The first-order valence-corrected chi connectivity index (χ1v) is 6.68. The van der Waals surface area contributed by atoms with Gasteiger partial charge in [-0.25, -0.2) is 0 Å². The van der Waals surface area contributed by atoms with Crippen molar-refractivity contribution in [1.29, 1.82) is 0 Å². The normalized spacial score (nSPS) is 22.8. The predicted octanol–water partition coefficient (Wildman–Crippen LogP) is 2.46. The van der Waals surface area contributed by atoms with Crippen LogP contribution in [0.4, 0.5) is 0 Å². The van der Waals surface area contributed by atoms with Gasteiger partial charge >= 0.3 is 0 Å². The molecular weight excluding hydrogens is 242 g/mol. The largest absolute Gasteiger partial charge is 0.493 e. The Labute approximate surface area is 113 Å². The summed E-state index contributed by atoms with van der Waals surface area (Å²) < 4.78 is 10.6. The van der Waals surface area contributed by atoms with Crippen LogP contribution in [-0.4, -0.2) is 20.1 Å². The summed E-state index contributed by atoms with van der Waals surface area (Å²) in [6.07, 6.45) is 4.11. The highest BCUT2D eigenvalue weighted by Crippen LogP contribution is 2.40. The smallest absolute Gasteiger partial charge is 0.221 e. The van der Waals surface area contributed by atoms with E-state index in [-0.39, 0.29) is 17.7 Å². The lowest BCUT2D eigenvalue weighted by Gasteiger charge is -2.30. The Balaban J connectivity index is 2.31. The van der Waals surface area contributed by atoms with E-state index in [1.54, 1.807) is 14.2 Å². The van der Waals surface area contributed by atoms with Gasteiger partial charge < -0.3 is 15.2 Å². The fourth-order valence-corrected chi connectivity index (χ4v) is 2.95. The van der Waals surface area contributed by atoms with Crippen LogP contribution >= 0.6 is 0 Å². The molecule has 0 radical (unpaired) electrons. The highest BCUT2D eigenvalue weighted by molar-refractivity contribution is 5.78. The molecule has 2 atom stereocenters. The van der Waals surface area contributed by atoms with E-state index in [9.17, 15) is 4.79 Å². The SMILES string of the molecule is COc1ccc(C2CCCCC2C(N)=O)cc1OC. The van der Waals surface area contributed by atoms with Crippen molar-refractivity contribution in [2.75, 3.05) is 14.2 Å². The molecule has 4 heteroatoms. The molecule has 1 aromatic rings. The number of carbonyl (C=O) groups excluding carboxylic acids is 1. The minimum Gasteiger partial charge on any atom is -0.493 e. The first-order valence-electron chi connectivity index (χ1n) is 6.68. The van der Waals surface area contributed by atoms with Gasteiger partial charge in [0.1, 0.15) is 0 Å². The highest BCUT2D eigenvalue weighted by Gasteiger charge is 2.30. The Bertz CT molecular complexity index is 459. The third kappa shape index (κ3) is 2.83. The van der Waals surface area contributed by atoms with Gasteiger partial charge in [0.05, 0.1) is 14.2 Å². The van der Waals surface area contributed by atoms with Crippen LogP contribution in [0.3, 0.4) is 0 Å². The van der Waals surface area contributed by atoms with Crippen molar-refractivity contribution in [2.24, 2.45) is 11.7 Å². The van der Waals surface area contributed by atoms with Crippen molar-refractivity contribution < 1.29 is 14.3 Å². The number of carbonyl (C=O) groups is 1. The Morgan fingerprint density at radius 2 is 1.84 bits per heavy atom. The average Bonchev–Trinajstić information content (AvgIpc) is 2.46. The van der Waals surface area contributed by atoms with Gasteiger partial charge in [-0.15, -0.1) is 0 Å². The standard InChI is InChI=1S/C15H21NO3/c1-18-13-8-7-10(9-14(13)19-2)11-5-3-4-6-12(11)15(16)17/h7-9,11-12H,3-6H2,1-2H3,(H2,16,17). The molecule has 1 aliphatic rings. The molecule has 0 aliphatic heterocycles. The zero-order valence-electron chi connectivity index (χ0n) is 11.5. The highest BCUT2D eigenvalue weighted by atomic mass is 16.5. The Kier molecular flexibility index (Phi) is 4.30. The van der Waals surface area contributed by atoms with Gasteiger partial charge in [0.2, 0.25) is 5.91 Å². The molecule has 0 bridgehead atoms. The second-order valence-corrected chi connectivity index (χ2v) is 5.01. The molecule has 104 valence electrons. The molecule has 0 spiro atoms. The molecule has 0 saturated heterocycles. The van der Waals surface area contributed by atoms with Gasteiger partial charge in [0.15, 0.2) is 11.5 Å². The van der Waals surface area contributed by atoms with Crippen molar-refractivity contribution in [2.45, 2.75) is 31.6 Å². The third-order valence-electron chi connectivity index (χ3n) is 3.97. The van der Waals surface area contributed by atoms with E-state index in [4.69, 9.17) is 15.2 Å². The first-order chi connectivity index (χ1) is 9.17. The van der Waals surface area contributed by atoms with E-state index in [1.807, 2.05) is 18.2 Å². The molecule has 2 unspecified atom stereocenters. The first kappa shape index (κ1) is 13.7. The number of hydrogen-bond donors (Lipinski definition) is 1. The van der Waals surface area contributed by atoms with E-state index >= 15 is 0 Å². The van der Waals surface area contributed by atoms with E-state index < -0.39 is 0 Å². The predicted molar refractivity (Wildman–Crippen MR) is 73.4 cm³/mol. The van der Waals surface area contributed by atoms with E-state index in [2.05, 4.69) is 0 Å². The van der Waals surface area contributed by atoms with Crippen molar-refractivity contribution in [3.63, 3.8) is 0 Å². The number of benzene rings is 1. The van der Waals surface area contributed by atoms with Crippen LogP contribution < -0.4 is 15.2 Å². The molecule has 0 aromatic heterocycles. The maximum atomic E-state index is 11.6. The molecule has 19 heavy (non-hydrogen) atoms. The maximum absolute atomic E-state index is 11.6. The monoisotopic (exact) mass is 263 g/mol. The zero-order chi connectivity index (χ0) is 13.8. The van der Waals surface area contributed by atoms with Gasteiger partial charge in [-0.05, 0) is 36.5 Å². The van der Waals surface area contributed by atoms with E-state index in [1.165, 1.54) is 0 Å². The van der Waals surface area contributed by atoms with Crippen molar-refractivity contribution >= 4 is 5.91 Å². The second kappa shape index (κ2) is 5.95. The lowest BCUT2D eigenvalue weighted by atomic mass is 9.75. The molecule has 1 aliphatic carbocycles. The molecule has 1 fully saturated rings. The molecule has 1 amide bonds. The summed E-state index contributed by atoms with van der Waals surface area (Å²) in [6, 6.07) is 5.86. The molecule has 1 aromatic carbocycles. The Morgan fingerprint density at radius 1 is 1.16 bits per heavy atom. The van der Waals surface area contributed by atoms with Crippen LogP contribution in [-0.2, 0) is 4.79 Å². The average molecular weight is 263 g/mol. The number of hydrogen-bond acceptors (Lipinski definition) is 3. The number of ether oxygens (including phenoxy) is 2. The van der Waals surface area contributed by atoms with E-state index in [0.717, 1.165) is 31.2 Å². The van der Waals surface area contributed by atoms with Crippen LogP contribution in [0.15, 0.2) is 18.2 Å². The number of rotatable bonds is 4. The minimum absolute atomic E-state index is 0.0631. The summed E-state index contributed by atoms with van der Waals surface area (Å²) in [5.41, 5.74) is 6.64. The van der Waals surface area contributed by atoms with E-state index in [0.29, 0.717) is 11.5 Å². The van der Waals surface area contributed by atoms with Gasteiger partial charge in [0.25, 0.3) is 0 Å². The summed E-state index contributed by atoms with van der Waals surface area (Å²) >= 11 is 0. The second-order valence-electron chi connectivity index (χ2n) is 5.01. The van der Waals surface area contributed by atoms with Crippen LogP contribution in [0.25, 0.3) is 0 Å². The van der Waals surface area contributed by atoms with Crippen LogP contribution in [0.5, 0.6) is 11.5 Å².